The Balaban J connectivity index is 1.29. The number of nitrogens with one attached hydrogen (secondary N) is 3. The number of para-hydroxylation sites is 1. The number of guanidine groups is 1. The first-order valence-electron chi connectivity index (χ1n) is 9.63. The summed E-state index contributed by atoms with van der Waals surface area (Å²) in [5.41, 5.74) is 3.54. The molecule has 3 unspecified atom stereocenters. The summed E-state index contributed by atoms with van der Waals surface area (Å²) in [5.74, 6) is 2.36. The van der Waals surface area contributed by atoms with Crippen molar-refractivity contribution < 1.29 is 4.79 Å². The van der Waals surface area contributed by atoms with Crippen molar-refractivity contribution in [2.75, 3.05) is 25.5 Å². The third-order valence-corrected chi connectivity index (χ3v) is 5.53. The van der Waals surface area contributed by atoms with Crippen molar-refractivity contribution in [2.24, 2.45) is 10.9 Å². The van der Waals surface area contributed by atoms with Crippen LogP contribution in [0.3, 0.4) is 0 Å². The van der Waals surface area contributed by atoms with Crippen LogP contribution in [0.2, 0.25) is 0 Å². The molecule has 1 heterocycles. The minimum absolute atomic E-state index is 0.0760. The number of hydrogen-bond donors (Lipinski definition) is 3. The molecule has 140 valence electrons. The molecule has 5 heteroatoms. The summed E-state index contributed by atoms with van der Waals surface area (Å²) in [6.45, 7) is 1.61. The van der Waals surface area contributed by atoms with E-state index in [1.807, 2.05) is 18.2 Å². The van der Waals surface area contributed by atoms with E-state index in [0.717, 1.165) is 18.2 Å². The standard InChI is InChI=1S/C22H26N4O/c1-23-22(24-13-16-11-19(16)15-7-3-2-4-8-15)25-14-17-12-21(27)26-20-10-6-5-9-18(17)20/h2-10,16-17,19H,11-14H2,1H3,(H,26,27)(H2,23,24,25). The summed E-state index contributed by atoms with van der Waals surface area (Å²) in [4.78, 5) is 16.3. The molecule has 1 aliphatic carbocycles. The maximum absolute atomic E-state index is 12.0. The van der Waals surface area contributed by atoms with Crippen LogP contribution in [-0.4, -0.2) is 32.0 Å². The fourth-order valence-corrected chi connectivity index (χ4v) is 3.93. The van der Waals surface area contributed by atoms with Gasteiger partial charge < -0.3 is 16.0 Å². The molecule has 3 atom stereocenters. The van der Waals surface area contributed by atoms with Gasteiger partial charge in [0.2, 0.25) is 5.91 Å². The first-order chi connectivity index (χ1) is 13.2. The molecule has 27 heavy (non-hydrogen) atoms. The van der Waals surface area contributed by atoms with Crippen LogP contribution in [0.1, 0.15) is 35.8 Å². The molecule has 2 aliphatic rings. The summed E-state index contributed by atoms with van der Waals surface area (Å²) in [6, 6.07) is 18.7. The number of carbonyl (C=O) groups is 1. The summed E-state index contributed by atoms with van der Waals surface area (Å²) >= 11 is 0. The highest BCUT2D eigenvalue weighted by molar-refractivity contribution is 5.94. The number of hydrogen-bond acceptors (Lipinski definition) is 2. The van der Waals surface area contributed by atoms with Gasteiger partial charge in [-0.05, 0) is 35.4 Å². The first-order valence-corrected chi connectivity index (χ1v) is 9.63. The molecule has 0 saturated heterocycles. The summed E-state index contributed by atoms with van der Waals surface area (Å²) < 4.78 is 0. The predicted octanol–water partition coefficient (Wildman–Crippen LogP) is 3.08. The lowest BCUT2D eigenvalue weighted by atomic mass is 9.90. The van der Waals surface area contributed by atoms with Crippen LogP contribution in [0.5, 0.6) is 0 Å². The van der Waals surface area contributed by atoms with Gasteiger partial charge in [0, 0.05) is 38.2 Å². The summed E-state index contributed by atoms with van der Waals surface area (Å²) in [7, 11) is 1.79. The second-order valence-electron chi connectivity index (χ2n) is 7.38. The van der Waals surface area contributed by atoms with Crippen molar-refractivity contribution in [2.45, 2.75) is 24.7 Å². The molecule has 2 aromatic rings. The highest BCUT2D eigenvalue weighted by Gasteiger charge is 2.37. The van der Waals surface area contributed by atoms with Gasteiger partial charge in [-0.25, -0.2) is 0 Å². The number of nitrogens with zero attached hydrogens (tertiary/aromatic N) is 1. The fourth-order valence-electron chi connectivity index (χ4n) is 3.93. The molecule has 2 aromatic carbocycles. The van der Waals surface area contributed by atoms with Crippen molar-refractivity contribution in [3.63, 3.8) is 0 Å². The van der Waals surface area contributed by atoms with Gasteiger partial charge in [-0.1, -0.05) is 48.5 Å². The van der Waals surface area contributed by atoms with Crippen LogP contribution in [0.25, 0.3) is 0 Å². The molecule has 1 amide bonds. The van der Waals surface area contributed by atoms with E-state index in [9.17, 15) is 4.79 Å². The molecule has 0 bridgehead atoms. The lowest BCUT2D eigenvalue weighted by Crippen LogP contribution is -2.41. The van der Waals surface area contributed by atoms with E-state index in [1.165, 1.54) is 17.5 Å². The zero-order valence-electron chi connectivity index (χ0n) is 15.6. The molecule has 0 radical (unpaired) electrons. The Labute approximate surface area is 160 Å². The molecule has 1 saturated carbocycles. The van der Waals surface area contributed by atoms with E-state index in [4.69, 9.17) is 0 Å². The van der Waals surface area contributed by atoms with E-state index < -0.39 is 0 Å². The van der Waals surface area contributed by atoms with E-state index in [1.54, 1.807) is 7.05 Å². The fraction of sp³-hybridized carbons (Fsp3) is 0.364. The maximum Gasteiger partial charge on any atom is 0.225 e. The number of anilines is 1. The van der Waals surface area contributed by atoms with Gasteiger partial charge in [0.1, 0.15) is 0 Å². The molecule has 0 aromatic heterocycles. The monoisotopic (exact) mass is 362 g/mol. The Morgan fingerprint density at radius 1 is 1.07 bits per heavy atom. The van der Waals surface area contributed by atoms with Crippen LogP contribution in [0.4, 0.5) is 5.69 Å². The van der Waals surface area contributed by atoms with E-state index in [0.29, 0.717) is 24.8 Å². The molecule has 0 spiro atoms. The average Bonchev–Trinajstić information content (AvgIpc) is 3.48. The van der Waals surface area contributed by atoms with Crippen molar-refractivity contribution in [1.29, 1.82) is 0 Å². The average molecular weight is 362 g/mol. The van der Waals surface area contributed by atoms with Crippen LogP contribution in [-0.2, 0) is 4.79 Å². The van der Waals surface area contributed by atoms with Crippen molar-refractivity contribution in [3.05, 3.63) is 65.7 Å². The minimum atomic E-state index is 0.0760. The second kappa shape index (κ2) is 7.82. The molecular weight excluding hydrogens is 336 g/mol. The third kappa shape index (κ3) is 4.13. The number of carbonyl (C=O) groups excluding carboxylic acids is 1. The quantitative estimate of drug-likeness (QED) is 0.566. The van der Waals surface area contributed by atoms with Gasteiger partial charge in [-0.3, -0.25) is 9.79 Å². The normalized spacial score (nSPS) is 24.0. The van der Waals surface area contributed by atoms with Gasteiger partial charge in [-0.2, -0.15) is 0 Å². The Hall–Kier alpha value is -2.82. The van der Waals surface area contributed by atoms with Gasteiger partial charge >= 0.3 is 0 Å². The number of benzene rings is 2. The summed E-state index contributed by atoms with van der Waals surface area (Å²) in [6.07, 6.45) is 1.73. The Kier molecular flexibility index (Phi) is 5.10. The van der Waals surface area contributed by atoms with Crippen molar-refractivity contribution in [3.8, 4) is 0 Å². The number of fused-ring (bicyclic) bond motifs is 1. The lowest BCUT2D eigenvalue weighted by Gasteiger charge is -2.26. The zero-order valence-corrected chi connectivity index (χ0v) is 15.6. The molecule has 3 N–H and O–H groups in total. The third-order valence-electron chi connectivity index (χ3n) is 5.53. The number of amides is 1. The van der Waals surface area contributed by atoms with Crippen LogP contribution < -0.4 is 16.0 Å². The molecule has 1 fully saturated rings. The van der Waals surface area contributed by atoms with Gasteiger partial charge in [0.25, 0.3) is 0 Å². The van der Waals surface area contributed by atoms with E-state index in [2.05, 4.69) is 57.3 Å². The number of rotatable bonds is 5. The molecule has 1 aliphatic heterocycles. The topological polar surface area (TPSA) is 65.5 Å². The SMILES string of the molecule is CN=C(NCC1CC(=O)Nc2ccccc21)NCC1CC1c1ccccc1. The molecule has 4 rings (SSSR count). The first kappa shape index (κ1) is 17.6. The van der Waals surface area contributed by atoms with Crippen LogP contribution in [0.15, 0.2) is 59.6 Å². The Bertz CT molecular complexity index is 833. The van der Waals surface area contributed by atoms with Crippen LogP contribution >= 0.6 is 0 Å². The smallest absolute Gasteiger partial charge is 0.225 e. The maximum atomic E-state index is 12.0. The van der Waals surface area contributed by atoms with E-state index in [-0.39, 0.29) is 11.8 Å². The van der Waals surface area contributed by atoms with Crippen molar-refractivity contribution >= 4 is 17.6 Å². The largest absolute Gasteiger partial charge is 0.356 e. The van der Waals surface area contributed by atoms with Crippen LogP contribution in [0, 0.1) is 5.92 Å². The van der Waals surface area contributed by atoms with E-state index >= 15 is 0 Å². The lowest BCUT2D eigenvalue weighted by molar-refractivity contribution is -0.116. The number of aliphatic imine (C=N–C) groups is 1. The van der Waals surface area contributed by atoms with Gasteiger partial charge in [0.15, 0.2) is 5.96 Å². The predicted molar refractivity (Wildman–Crippen MR) is 109 cm³/mol. The second-order valence-corrected chi connectivity index (χ2v) is 7.38. The zero-order chi connectivity index (χ0) is 18.6. The van der Waals surface area contributed by atoms with Gasteiger partial charge in [0.05, 0.1) is 0 Å². The minimum Gasteiger partial charge on any atom is -0.356 e. The van der Waals surface area contributed by atoms with Crippen molar-refractivity contribution in [1.82, 2.24) is 10.6 Å². The molecular formula is C22H26N4O. The summed E-state index contributed by atoms with van der Waals surface area (Å²) in [5, 5.41) is 9.79. The Morgan fingerprint density at radius 2 is 1.81 bits per heavy atom. The Morgan fingerprint density at radius 3 is 2.63 bits per heavy atom. The highest BCUT2D eigenvalue weighted by Crippen LogP contribution is 2.46. The van der Waals surface area contributed by atoms with Gasteiger partial charge in [-0.15, -0.1) is 0 Å². The molecule has 5 nitrogen and oxygen atoms in total. The highest BCUT2D eigenvalue weighted by atomic mass is 16.1.